The van der Waals surface area contributed by atoms with Crippen LogP contribution in [0.4, 0.5) is 0 Å². The molecule has 0 saturated heterocycles. The van der Waals surface area contributed by atoms with Gasteiger partial charge in [-0.1, -0.05) is 42.5 Å². The van der Waals surface area contributed by atoms with E-state index < -0.39 is 0 Å². The highest BCUT2D eigenvalue weighted by Gasteiger charge is 2.22. The average Bonchev–Trinajstić information content (AvgIpc) is 2.92. The number of carbonyl (C=O) groups excluding carboxylic acids is 1. The van der Waals surface area contributed by atoms with Gasteiger partial charge in [-0.15, -0.1) is 0 Å². The van der Waals surface area contributed by atoms with Gasteiger partial charge in [0.25, 0.3) is 0 Å². The summed E-state index contributed by atoms with van der Waals surface area (Å²) in [6.07, 6.45) is 0. The normalized spacial score (nSPS) is 11.0. The van der Waals surface area contributed by atoms with E-state index in [0.717, 1.165) is 21.9 Å². The number of benzene rings is 4. The van der Waals surface area contributed by atoms with E-state index in [2.05, 4.69) is 0 Å². The SMILES string of the molecule is COc1ccc(-c2oc3c(C)cc(C)cc3c(=O)c2OCC(=O)c2ccc3ccccc3c2)cc1OC. The van der Waals surface area contributed by atoms with Crippen molar-refractivity contribution in [1.29, 1.82) is 0 Å². The van der Waals surface area contributed by atoms with Gasteiger partial charge in [-0.3, -0.25) is 9.59 Å². The standard InChI is InChI=1S/C31H26O6/c1-18-13-19(2)29-24(14-18)28(33)31(30(37-29)23-11-12-26(34-3)27(16-23)35-4)36-17-25(32)22-10-9-20-7-5-6-8-21(20)15-22/h5-16H,17H2,1-4H3. The van der Waals surface area contributed by atoms with Crippen LogP contribution in [0.5, 0.6) is 17.2 Å². The number of carbonyl (C=O) groups is 1. The molecular weight excluding hydrogens is 468 g/mol. The molecule has 6 heteroatoms. The number of ether oxygens (including phenoxy) is 3. The van der Waals surface area contributed by atoms with Crippen LogP contribution in [0.2, 0.25) is 0 Å². The van der Waals surface area contributed by atoms with Gasteiger partial charge in [0, 0.05) is 11.1 Å². The van der Waals surface area contributed by atoms with Gasteiger partial charge in [0.15, 0.2) is 29.6 Å². The maximum Gasteiger partial charge on any atom is 0.235 e. The molecule has 0 radical (unpaired) electrons. The number of rotatable bonds is 7. The first-order valence-electron chi connectivity index (χ1n) is 11.8. The molecule has 1 aromatic heterocycles. The quantitative estimate of drug-likeness (QED) is 0.240. The Balaban J connectivity index is 1.60. The van der Waals surface area contributed by atoms with Crippen LogP contribution < -0.4 is 19.6 Å². The molecule has 0 aliphatic carbocycles. The Morgan fingerprint density at radius 1 is 0.838 bits per heavy atom. The zero-order valence-corrected chi connectivity index (χ0v) is 21.1. The first kappa shape index (κ1) is 24.1. The van der Waals surface area contributed by atoms with Crippen molar-refractivity contribution in [2.75, 3.05) is 20.8 Å². The molecule has 0 fully saturated rings. The van der Waals surface area contributed by atoms with Crippen LogP contribution in [-0.4, -0.2) is 26.6 Å². The number of Topliss-reactive ketones (excluding diaryl/α,β-unsaturated/α-hetero) is 1. The van der Waals surface area contributed by atoms with Crippen LogP contribution in [0.3, 0.4) is 0 Å². The maximum atomic E-state index is 13.7. The Bertz CT molecular complexity index is 1710. The van der Waals surface area contributed by atoms with Crippen LogP contribution in [0, 0.1) is 13.8 Å². The van der Waals surface area contributed by atoms with E-state index in [0.29, 0.717) is 33.6 Å². The van der Waals surface area contributed by atoms with Gasteiger partial charge in [0.2, 0.25) is 11.2 Å². The summed E-state index contributed by atoms with van der Waals surface area (Å²) >= 11 is 0. The molecule has 5 aromatic rings. The van der Waals surface area contributed by atoms with Gasteiger partial charge < -0.3 is 18.6 Å². The molecule has 37 heavy (non-hydrogen) atoms. The summed E-state index contributed by atoms with van der Waals surface area (Å²) in [6.45, 7) is 3.48. The molecule has 0 bridgehead atoms. The molecule has 0 aliphatic heterocycles. The zero-order valence-electron chi connectivity index (χ0n) is 21.1. The summed E-state index contributed by atoms with van der Waals surface area (Å²) < 4.78 is 23.0. The fraction of sp³-hybridized carbons (Fsp3) is 0.161. The first-order valence-corrected chi connectivity index (χ1v) is 11.8. The molecule has 4 aromatic carbocycles. The second kappa shape index (κ2) is 9.82. The molecule has 0 atom stereocenters. The Hall–Kier alpha value is -4.58. The summed E-state index contributed by atoms with van der Waals surface area (Å²) in [6, 6.07) is 22.2. The van der Waals surface area contributed by atoms with Crippen molar-refractivity contribution < 1.29 is 23.4 Å². The van der Waals surface area contributed by atoms with Gasteiger partial charge >= 0.3 is 0 Å². The van der Waals surface area contributed by atoms with Crippen molar-refractivity contribution in [2.24, 2.45) is 0 Å². The van der Waals surface area contributed by atoms with Crippen molar-refractivity contribution in [3.8, 4) is 28.6 Å². The molecule has 186 valence electrons. The van der Waals surface area contributed by atoms with Crippen LogP contribution in [0.1, 0.15) is 21.5 Å². The fourth-order valence-corrected chi connectivity index (χ4v) is 4.51. The topological polar surface area (TPSA) is 75.0 Å². The molecule has 5 rings (SSSR count). The lowest BCUT2D eigenvalue weighted by Crippen LogP contribution is -2.17. The second-order valence-electron chi connectivity index (χ2n) is 8.89. The summed E-state index contributed by atoms with van der Waals surface area (Å²) in [7, 11) is 3.08. The lowest BCUT2D eigenvalue weighted by Gasteiger charge is -2.14. The molecule has 6 nitrogen and oxygen atoms in total. The summed E-state index contributed by atoms with van der Waals surface area (Å²) in [5.41, 5.74) is 2.94. The number of ketones is 1. The van der Waals surface area contributed by atoms with E-state index in [1.807, 2.05) is 56.3 Å². The lowest BCUT2D eigenvalue weighted by molar-refractivity contribution is 0.0920. The molecule has 0 saturated carbocycles. The molecule has 0 N–H and O–H groups in total. The van der Waals surface area contributed by atoms with E-state index in [9.17, 15) is 9.59 Å². The van der Waals surface area contributed by atoms with E-state index in [-0.39, 0.29) is 29.3 Å². The minimum atomic E-state index is -0.343. The van der Waals surface area contributed by atoms with Crippen molar-refractivity contribution in [3.63, 3.8) is 0 Å². The number of methoxy groups -OCH3 is 2. The third-order valence-electron chi connectivity index (χ3n) is 6.34. The summed E-state index contributed by atoms with van der Waals surface area (Å²) in [5, 5.41) is 2.39. The number of hydrogen-bond donors (Lipinski definition) is 0. The highest BCUT2D eigenvalue weighted by Crippen LogP contribution is 2.37. The van der Waals surface area contributed by atoms with Crippen molar-refractivity contribution in [2.45, 2.75) is 13.8 Å². The predicted molar refractivity (Wildman–Crippen MR) is 144 cm³/mol. The summed E-state index contributed by atoms with van der Waals surface area (Å²) in [5.74, 6) is 0.955. The Kier molecular flexibility index (Phi) is 6.40. The van der Waals surface area contributed by atoms with E-state index >= 15 is 0 Å². The minimum absolute atomic E-state index is 0.0288. The number of aryl methyl sites for hydroxylation is 2. The first-order chi connectivity index (χ1) is 17.9. The highest BCUT2D eigenvalue weighted by molar-refractivity contribution is 6.01. The van der Waals surface area contributed by atoms with Gasteiger partial charge in [0.1, 0.15) is 5.58 Å². The third kappa shape index (κ3) is 4.54. The molecule has 1 heterocycles. The molecule has 0 aliphatic rings. The van der Waals surface area contributed by atoms with E-state index in [1.54, 1.807) is 37.4 Å². The Morgan fingerprint density at radius 2 is 1.59 bits per heavy atom. The van der Waals surface area contributed by atoms with E-state index in [4.69, 9.17) is 18.6 Å². The Labute approximate surface area is 214 Å². The number of fused-ring (bicyclic) bond motifs is 2. The van der Waals surface area contributed by atoms with Crippen LogP contribution >= 0.6 is 0 Å². The Morgan fingerprint density at radius 3 is 2.35 bits per heavy atom. The monoisotopic (exact) mass is 494 g/mol. The molecule has 0 amide bonds. The van der Waals surface area contributed by atoms with Crippen molar-refractivity contribution in [3.05, 3.63) is 99.7 Å². The molecule has 0 spiro atoms. The predicted octanol–water partition coefficient (Wildman–Crippen LogP) is 6.51. The van der Waals surface area contributed by atoms with Crippen molar-refractivity contribution >= 4 is 27.5 Å². The highest BCUT2D eigenvalue weighted by atomic mass is 16.5. The van der Waals surface area contributed by atoms with Gasteiger partial charge in [-0.05, 0) is 66.1 Å². The lowest BCUT2D eigenvalue weighted by atomic mass is 10.0. The molecular formula is C31H26O6. The average molecular weight is 495 g/mol. The van der Waals surface area contributed by atoms with Crippen molar-refractivity contribution in [1.82, 2.24) is 0 Å². The van der Waals surface area contributed by atoms with Gasteiger partial charge in [-0.25, -0.2) is 0 Å². The van der Waals surface area contributed by atoms with E-state index in [1.165, 1.54) is 7.11 Å². The smallest absolute Gasteiger partial charge is 0.235 e. The van der Waals surface area contributed by atoms with Crippen LogP contribution in [0.25, 0.3) is 33.1 Å². The minimum Gasteiger partial charge on any atom is -0.493 e. The largest absolute Gasteiger partial charge is 0.493 e. The zero-order chi connectivity index (χ0) is 26.1. The fourth-order valence-electron chi connectivity index (χ4n) is 4.51. The number of hydrogen-bond acceptors (Lipinski definition) is 6. The summed E-state index contributed by atoms with van der Waals surface area (Å²) in [4.78, 5) is 26.8. The van der Waals surface area contributed by atoms with Gasteiger partial charge in [-0.2, -0.15) is 0 Å². The second-order valence-corrected chi connectivity index (χ2v) is 8.89. The third-order valence-corrected chi connectivity index (χ3v) is 6.34. The van der Waals surface area contributed by atoms with Crippen LogP contribution in [-0.2, 0) is 0 Å². The van der Waals surface area contributed by atoms with Gasteiger partial charge in [0.05, 0.1) is 19.6 Å². The maximum absolute atomic E-state index is 13.7. The van der Waals surface area contributed by atoms with Crippen LogP contribution in [0.15, 0.2) is 82.0 Å². The molecule has 0 unspecified atom stereocenters.